The van der Waals surface area contributed by atoms with Gasteiger partial charge in [0.05, 0.1) is 10.6 Å². The first-order valence-corrected chi connectivity index (χ1v) is 14.8. The van der Waals surface area contributed by atoms with E-state index in [0.29, 0.717) is 17.8 Å². The van der Waals surface area contributed by atoms with Gasteiger partial charge in [0.25, 0.3) is 10.0 Å². The zero-order valence-electron chi connectivity index (χ0n) is 23.7. The topological polar surface area (TPSA) is 86.8 Å². The van der Waals surface area contributed by atoms with Crippen LogP contribution in [0.3, 0.4) is 0 Å². The van der Waals surface area contributed by atoms with Gasteiger partial charge in [-0.15, -0.1) is 0 Å². The summed E-state index contributed by atoms with van der Waals surface area (Å²) in [5.41, 5.74) is 1.97. The van der Waals surface area contributed by atoms with E-state index < -0.39 is 34.3 Å². The molecule has 0 aliphatic rings. The van der Waals surface area contributed by atoms with Gasteiger partial charge in [0.1, 0.15) is 18.4 Å². The largest absolute Gasteiger partial charge is 0.354 e. The lowest BCUT2D eigenvalue weighted by Crippen LogP contribution is -2.51. The van der Waals surface area contributed by atoms with Crippen molar-refractivity contribution >= 4 is 27.5 Å². The van der Waals surface area contributed by atoms with Crippen molar-refractivity contribution in [2.24, 2.45) is 5.92 Å². The lowest BCUT2D eigenvalue weighted by atomic mass is 10.0. The quantitative estimate of drug-likeness (QED) is 0.320. The van der Waals surface area contributed by atoms with E-state index >= 15 is 0 Å². The molecule has 0 heterocycles. The summed E-state index contributed by atoms with van der Waals surface area (Å²) in [6.45, 7) is 9.50. The Morgan fingerprint density at radius 1 is 0.850 bits per heavy atom. The molecule has 0 saturated heterocycles. The fourth-order valence-corrected chi connectivity index (χ4v) is 5.53. The Balaban J connectivity index is 2.01. The van der Waals surface area contributed by atoms with Crippen LogP contribution in [0.5, 0.6) is 0 Å². The second kappa shape index (κ2) is 13.6. The number of carbonyl (C=O) groups excluding carboxylic acids is 2. The van der Waals surface area contributed by atoms with Crippen LogP contribution < -0.4 is 9.62 Å². The van der Waals surface area contributed by atoms with E-state index in [2.05, 4.69) is 5.32 Å². The van der Waals surface area contributed by atoms with Gasteiger partial charge < -0.3 is 10.2 Å². The maximum absolute atomic E-state index is 13.9. The van der Waals surface area contributed by atoms with Crippen LogP contribution in [0.25, 0.3) is 0 Å². The van der Waals surface area contributed by atoms with E-state index in [-0.39, 0.29) is 29.2 Å². The third-order valence-electron chi connectivity index (χ3n) is 6.58. The molecule has 3 aromatic carbocycles. The predicted octanol–water partition coefficient (Wildman–Crippen LogP) is 5.33. The molecule has 1 atom stereocenters. The highest BCUT2D eigenvalue weighted by Crippen LogP contribution is 2.26. The van der Waals surface area contributed by atoms with E-state index in [1.807, 2.05) is 39.8 Å². The molecule has 0 saturated carbocycles. The third kappa shape index (κ3) is 7.91. The molecule has 1 N–H and O–H groups in total. The van der Waals surface area contributed by atoms with Gasteiger partial charge >= 0.3 is 0 Å². The average Bonchev–Trinajstić information content (AvgIpc) is 2.94. The van der Waals surface area contributed by atoms with Crippen molar-refractivity contribution in [3.63, 3.8) is 0 Å². The van der Waals surface area contributed by atoms with Crippen molar-refractivity contribution in [1.82, 2.24) is 10.2 Å². The molecular weight excluding hydrogens is 529 g/mol. The van der Waals surface area contributed by atoms with Crippen molar-refractivity contribution in [2.75, 3.05) is 17.4 Å². The Kier molecular flexibility index (Phi) is 10.5. The average molecular weight is 568 g/mol. The number of rotatable bonds is 12. The number of nitrogens with zero attached hydrogens (tertiary/aromatic N) is 2. The van der Waals surface area contributed by atoms with Crippen LogP contribution in [-0.4, -0.2) is 44.3 Å². The van der Waals surface area contributed by atoms with E-state index in [1.54, 1.807) is 37.3 Å². The SMILES string of the molecule is CC(C)CNC(=O)[C@@H](C)N(Cc1ccc(F)cc1)C(=O)CN(c1ccc(C(C)C)cc1)S(=O)(=O)c1ccccc1. The van der Waals surface area contributed by atoms with Crippen LogP contribution in [0.4, 0.5) is 10.1 Å². The number of hydrogen-bond acceptors (Lipinski definition) is 4. The fraction of sp³-hybridized carbons (Fsp3) is 0.355. The van der Waals surface area contributed by atoms with Crippen LogP contribution in [0.15, 0.2) is 83.8 Å². The van der Waals surface area contributed by atoms with Gasteiger partial charge in [-0.3, -0.25) is 13.9 Å². The maximum Gasteiger partial charge on any atom is 0.264 e. The number of anilines is 1. The van der Waals surface area contributed by atoms with Crippen molar-refractivity contribution in [3.05, 3.63) is 95.8 Å². The van der Waals surface area contributed by atoms with Crippen LogP contribution in [-0.2, 0) is 26.2 Å². The summed E-state index contributed by atoms with van der Waals surface area (Å²) in [5.74, 6) is -0.898. The molecule has 0 bridgehead atoms. The van der Waals surface area contributed by atoms with Crippen LogP contribution >= 0.6 is 0 Å². The molecule has 0 spiro atoms. The summed E-state index contributed by atoms with van der Waals surface area (Å²) in [7, 11) is -4.13. The Hall–Kier alpha value is -3.72. The van der Waals surface area contributed by atoms with Gasteiger partial charge in [0.15, 0.2) is 0 Å². The van der Waals surface area contributed by atoms with E-state index in [9.17, 15) is 22.4 Å². The second-order valence-corrected chi connectivity index (χ2v) is 12.4. The number of amides is 2. The van der Waals surface area contributed by atoms with Crippen molar-refractivity contribution in [1.29, 1.82) is 0 Å². The number of benzene rings is 3. The van der Waals surface area contributed by atoms with E-state index in [0.717, 1.165) is 9.87 Å². The Labute approximate surface area is 237 Å². The monoisotopic (exact) mass is 567 g/mol. The molecule has 9 heteroatoms. The first-order chi connectivity index (χ1) is 18.9. The smallest absolute Gasteiger partial charge is 0.264 e. The maximum atomic E-state index is 13.9. The molecule has 2 amide bonds. The zero-order valence-corrected chi connectivity index (χ0v) is 24.5. The van der Waals surface area contributed by atoms with E-state index in [4.69, 9.17) is 0 Å². The normalized spacial score (nSPS) is 12.3. The van der Waals surface area contributed by atoms with Gasteiger partial charge in [-0.25, -0.2) is 12.8 Å². The summed E-state index contributed by atoms with van der Waals surface area (Å²) in [4.78, 5) is 28.3. The molecule has 0 unspecified atom stereocenters. The van der Waals surface area contributed by atoms with Crippen molar-refractivity contribution < 1.29 is 22.4 Å². The second-order valence-electron chi connectivity index (χ2n) is 10.5. The highest BCUT2D eigenvalue weighted by molar-refractivity contribution is 7.92. The first-order valence-electron chi connectivity index (χ1n) is 13.4. The molecule has 0 radical (unpaired) electrons. The minimum absolute atomic E-state index is 0.000883. The highest BCUT2D eigenvalue weighted by Gasteiger charge is 2.32. The molecule has 214 valence electrons. The van der Waals surface area contributed by atoms with Crippen molar-refractivity contribution in [2.45, 2.75) is 58.0 Å². The summed E-state index contributed by atoms with van der Waals surface area (Å²) in [6.07, 6.45) is 0. The summed E-state index contributed by atoms with van der Waals surface area (Å²) < 4.78 is 42.3. The first kappa shape index (κ1) is 30.8. The van der Waals surface area contributed by atoms with Gasteiger partial charge in [-0.05, 0) is 66.3 Å². The Morgan fingerprint density at radius 2 is 1.45 bits per heavy atom. The molecule has 0 fully saturated rings. The summed E-state index contributed by atoms with van der Waals surface area (Å²) in [5, 5.41) is 2.85. The molecule has 0 aliphatic carbocycles. The molecule has 7 nitrogen and oxygen atoms in total. The summed E-state index contributed by atoms with van der Waals surface area (Å²) in [6, 6.07) is 19.7. The molecule has 3 aromatic rings. The summed E-state index contributed by atoms with van der Waals surface area (Å²) >= 11 is 0. The molecule has 0 aliphatic heterocycles. The number of nitrogens with one attached hydrogen (secondary N) is 1. The number of carbonyl (C=O) groups is 2. The minimum atomic E-state index is -4.13. The number of halogens is 1. The number of hydrogen-bond donors (Lipinski definition) is 1. The Morgan fingerprint density at radius 3 is 2.00 bits per heavy atom. The third-order valence-corrected chi connectivity index (χ3v) is 8.36. The lowest BCUT2D eigenvalue weighted by molar-refractivity contribution is -0.139. The molecule has 3 rings (SSSR count). The van der Waals surface area contributed by atoms with Gasteiger partial charge in [0, 0.05) is 13.1 Å². The minimum Gasteiger partial charge on any atom is -0.354 e. The lowest BCUT2D eigenvalue weighted by Gasteiger charge is -2.32. The van der Waals surface area contributed by atoms with Gasteiger partial charge in [-0.1, -0.05) is 70.2 Å². The van der Waals surface area contributed by atoms with E-state index in [1.165, 1.54) is 41.3 Å². The van der Waals surface area contributed by atoms with Gasteiger partial charge in [0.2, 0.25) is 11.8 Å². The van der Waals surface area contributed by atoms with Gasteiger partial charge in [-0.2, -0.15) is 0 Å². The standard InChI is InChI=1S/C31H38FN3O4S/c1-22(2)19-33-31(37)24(5)34(20-25-11-15-27(32)16-12-25)30(36)21-35(28-17-13-26(14-18-28)23(3)4)40(38,39)29-9-7-6-8-10-29/h6-18,22-24H,19-21H2,1-5H3,(H,33,37)/t24-/m1/s1. The fourth-order valence-electron chi connectivity index (χ4n) is 4.10. The molecule has 0 aromatic heterocycles. The Bertz CT molecular complexity index is 1380. The van der Waals surface area contributed by atoms with Crippen LogP contribution in [0.1, 0.15) is 51.7 Å². The van der Waals surface area contributed by atoms with Crippen molar-refractivity contribution in [3.8, 4) is 0 Å². The van der Waals surface area contributed by atoms with Crippen LogP contribution in [0.2, 0.25) is 0 Å². The van der Waals surface area contributed by atoms with Crippen LogP contribution in [0, 0.1) is 11.7 Å². The highest BCUT2D eigenvalue weighted by atomic mass is 32.2. The number of sulfonamides is 1. The molecule has 40 heavy (non-hydrogen) atoms. The molecular formula is C31H38FN3O4S. The predicted molar refractivity (Wildman–Crippen MR) is 156 cm³/mol. The zero-order chi connectivity index (χ0) is 29.4.